The van der Waals surface area contributed by atoms with Gasteiger partial charge in [0.25, 0.3) is 0 Å². The van der Waals surface area contributed by atoms with Gasteiger partial charge < -0.3 is 14.9 Å². The Labute approximate surface area is 105 Å². The molecule has 0 aromatic heterocycles. The Balaban J connectivity index is 2.29. The van der Waals surface area contributed by atoms with Crippen LogP contribution in [0.4, 0.5) is 0 Å². The smallest absolute Gasteiger partial charge is 0.123 e. The summed E-state index contributed by atoms with van der Waals surface area (Å²) in [5, 5.41) is 18.6. The second-order valence-corrected chi connectivity index (χ2v) is 3.72. The predicted octanol–water partition coefficient (Wildman–Crippen LogP) is 2.51. The molecule has 90 valence electrons. The summed E-state index contributed by atoms with van der Waals surface area (Å²) in [7, 11) is 1.53. The van der Waals surface area contributed by atoms with Gasteiger partial charge in [-0.3, -0.25) is 0 Å². The lowest BCUT2D eigenvalue weighted by Crippen LogP contribution is -1.84. The molecule has 0 atom stereocenters. The maximum absolute atomic E-state index is 9.48. The lowest BCUT2D eigenvalue weighted by Gasteiger charge is -2.01. The molecule has 18 heavy (non-hydrogen) atoms. The zero-order valence-corrected chi connectivity index (χ0v) is 9.84. The maximum atomic E-state index is 9.48. The SMILES string of the molecule is COc1cc(O)cc(C#Cc2ccc(O)cc2)c1. The molecule has 0 aliphatic carbocycles. The van der Waals surface area contributed by atoms with E-state index in [0.29, 0.717) is 11.3 Å². The number of phenolic OH excluding ortho intramolecular Hbond substituents is 2. The molecule has 0 bridgehead atoms. The second-order valence-electron chi connectivity index (χ2n) is 3.72. The number of benzene rings is 2. The first-order valence-electron chi connectivity index (χ1n) is 5.36. The average molecular weight is 240 g/mol. The van der Waals surface area contributed by atoms with Crippen LogP contribution in [0.2, 0.25) is 0 Å². The predicted molar refractivity (Wildman–Crippen MR) is 68.7 cm³/mol. The van der Waals surface area contributed by atoms with E-state index in [1.807, 2.05) is 0 Å². The van der Waals surface area contributed by atoms with E-state index in [2.05, 4.69) is 11.8 Å². The van der Waals surface area contributed by atoms with Gasteiger partial charge in [0.05, 0.1) is 7.11 Å². The topological polar surface area (TPSA) is 49.7 Å². The molecular weight excluding hydrogens is 228 g/mol. The van der Waals surface area contributed by atoms with Gasteiger partial charge in [-0.15, -0.1) is 0 Å². The summed E-state index contributed by atoms with van der Waals surface area (Å²) in [5.74, 6) is 6.75. The van der Waals surface area contributed by atoms with Crippen molar-refractivity contribution < 1.29 is 14.9 Å². The summed E-state index contributed by atoms with van der Waals surface area (Å²) in [4.78, 5) is 0. The molecule has 2 N–H and O–H groups in total. The zero-order valence-electron chi connectivity index (χ0n) is 9.84. The highest BCUT2D eigenvalue weighted by atomic mass is 16.5. The molecule has 3 heteroatoms. The Morgan fingerprint density at radius 2 is 1.50 bits per heavy atom. The van der Waals surface area contributed by atoms with E-state index in [-0.39, 0.29) is 11.5 Å². The van der Waals surface area contributed by atoms with E-state index in [0.717, 1.165) is 5.56 Å². The van der Waals surface area contributed by atoms with Gasteiger partial charge >= 0.3 is 0 Å². The Bertz CT molecular complexity index is 604. The zero-order chi connectivity index (χ0) is 13.0. The van der Waals surface area contributed by atoms with Crippen molar-refractivity contribution in [1.82, 2.24) is 0 Å². The summed E-state index contributed by atoms with van der Waals surface area (Å²) in [5.41, 5.74) is 1.45. The highest BCUT2D eigenvalue weighted by molar-refractivity contribution is 5.49. The van der Waals surface area contributed by atoms with Crippen LogP contribution in [0.3, 0.4) is 0 Å². The van der Waals surface area contributed by atoms with Crippen molar-refractivity contribution in [2.45, 2.75) is 0 Å². The maximum Gasteiger partial charge on any atom is 0.123 e. The van der Waals surface area contributed by atoms with Gasteiger partial charge in [-0.05, 0) is 36.4 Å². The van der Waals surface area contributed by atoms with Crippen LogP contribution in [-0.4, -0.2) is 17.3 Å². The summed E-state index contributed by atoms with van der Waals surface area (Å²) in [6, 6.07) is 11.4. The third-order valence-corrected chi connectivity index (χ3v) is 2.35. The van der Waals surface area contributed by atoms with Gasteiger partial charge in [0.1, 0.15) is 17.2 Å². The second kappa shape index (κ2) is 5.15. The molecule has 0 saturated heterocycles. The fourth-order valence-corrected chi connectivity index (χ4v) is 1.46. The fourth-order valence-electron chi connectivity index (χ4n) is 1.46. The number of hydrogen-bond acceptors (Lipinski definition) is 3. The van der Waals surface area contributed by atoms with E-state index in [9.17, 15) is 5.11 Å². The van der Waals surface area contributed by atoms with E-state index < -0.39 is 0 Å². The molecule has 0 heterocycles. The molecule has 2 aromatic rings. The summed E-state index contributed by atoms with van der Waals surface area (Å²) in [6.07, 6.45) is 0. The third-order valence-electron chi connectivity index (χ3n) is 2.35. The van der Waals surface area contributed by atoms with Gasteiger partial charge in [-0.2, -0.15) is 0 Å². The molecule has 0 radical (unpaired) electrons. The molecule has 0 unspecified atom stereocenters. The first-order valence-corrected chi connectivity index (χ1v) is 5.36. The van der Waals surface area contributed by atoms with Crippen molar-refractivity contribution in [2.75, 3.05) is 7.11 Å². The van der Waals surface area contributed by atoms with Crippen LogP contribution in [0.15, 0.2) is 42.5 Å². The lowest BCUT2D eigenvalue weighted by molar-refractivity contribution is 0.407. The molecule has 2 rings (SSSR count). The molecule has 2 aromatic carbocycles. The molecule has 0 aliphatic heterocycles. The highest BCUT2D eigenvalue weighted by Crippen LogP contribution is 2.20. The Morgan fingerprint density at radius 1 is 0.833 bits per heavy atom. The number of hydrogen-bond donors (Lipinski definition) is 2. The third kappa shape index (κ3) is 2.96. The standard InChI is InChI=1S/C15H12O3/c1-18-15-9-12(8-14(17)10-15)3-2-11-4-6-13(16)7-5-11/h4-10,16-17H,1H3. The molecular formula is C15H12O3. The Hall–Kier alpha value is -2.60. The van der Waals surface area contributed by atoms with Gasteiger partial charge in [-0.25, -0.2) is 0 Å². The van der Waals surface area contributed by atoms with Crippen LogP contribution in [0.5, 0.6) is 17.2 Å². The highest BCUT2D eigenvalue weighted by Gasteiger charge is 1.97. The van der Waals surface area contributed by atoms with Crippen molar-refractivity contribution >= 4 is 0 Å². The first kappa shape index (κ1) is 11.9. The van der Waals surface area contributed by atoms with Crippen molar-refractivity contribution in [3.8, 4) is 29.1 Å². The summed E-state index contributed by atoms with van der Waals surface area (Å²) >= 11 is 0. The van der Waals surface area contributed by atoms with Crippen molar-refractivity contribution in [2.24, 2.45) is 0 Å². The van der Waals surface area contributed by atoms with Gasteiger partial charge in [-0.1, -0.05) is 11.8 Å². The van der Waals surface area contributed by atoms with Crippen LogP contribution in [0, 0.1) is 11.8 Å². The minimum Gasteiger partial charge on any atom is -0.508 e. The molecule has 0 spiro atoms. The van der Waals surface area contributed by atoms with Crippen LogP contribution in [-0.2, 0) is 0 Å². The van der Waals surface area contributed by atoms with Crippen LogP contribution >= 0.6 is 0 Å². The number of phenols is 2. The minimum absolute atomic E-state index is 0.115. The van der Waals surface area contributed by atoms with E-state index in [4.69, 9.17) is 9.84 Å². The first-order chi connectivity index (χ1) is 8.67. The van der Waals surface area contributed by atoms with E-state index in [1.165, 1.54) is 13.2 Å². The number of methoxy groups -OCH3 is 1. The number of rotatable bonds is 1. The lowest BCUT2D eigenvalue weighted by atomic mass is 10.1. The van der Waals surface area contributed by atoms with Crippen LogP contribution in [0.1, 0.15) is 11.1 Å². The van der Waals surface area contributed by atoms with Crippen molar-refractivity contribution in [1.29, 1.82) is 0 Å². The van der Waals surface area contributed by atoms with Gasteiger partial charge in [0.15, 0.2) is 0 Å². The van der Waals surface area contributed by atoms with Gasteiger partial charge in [0, 0.05) is 17.2 Å². The van der Waals surface area contributed by atoms with E-state index in [1.54, 1.807) is 36.4 Å². The van der Waals surface area contributed by atoms with Crippen molar-refractivity contribution in [3.05, 3.63) is 53.6 Å². The number of aromatic hydroxyl groups is 2. The van der Waals surface area contributed by atoms with Crippen molar-refractivity contribution in [3.63, 3.8) is 0 Å². The van der Waals surface area contributed by atoms with Gasteiger partial charge in [0.2, 0.25) is 0 Å². The Morgan fingerprint density at radius 3 is 2.17 bits per heavy atom. The molecule has 0 aliphatic rings. The molecule has 0 fully saturated rings. The van der Waals surface area contributed by atoms with Crippen LogP contribution < -0.4 is 4.74 Å². The molecule has 0 amide bonds. The van der Waals surface area contributed by atoms with Crippen LogP contribution in [0.25, 0.3) is 0 Å². The van der Waals surface area contributed by atoms with E-state index >= 15 is 0 Å². The largest absolute Gasteiger partial charge is 0.508 e. The monoisotopic (exact) mass is 240 g/mol. The summed E-state index contributed by atoms with van der Waals surface area (Å²) in [6.45, 7) is 0. The molecule has 0 saturated carbocycles. The number of ether oxygens (including phenoxy) is 1. The summed E-state index contributed by atoms with van der Waals surface area (Å²) < 4.78 is 5.04. The average Bonchev–Trinajstić information content (AvgIpc) is 2.37. The quantitative estimate of drug-likeness (QED) is 0.753. The Kier molecular flexibility index (Phi) is 3.40. The minimum atomic E-state index is 0.115. The molecule has 3 nitrogen and oxygen atoms in total. The normalized spacial score (nSPS) is 9.39. The fraction of sp³-hybridized carbons (Fsp3) is 0.0667.